The largest absolute Gasteiger partial charge is 0.496 e. The van der Waals surface area contributed by atoms with Crippen molar-refractivity contribution in [2.75, 3.05) is 27.4 Å². The van der Waals surface area contributed by atoms with Crippen molar-refractivity contribution >= 4 is 6.09 Å². The monoisotopic (exact) mass is 255 g/mol. The molecule has 1 amide bonds. The van der Waals surface area contributed by atoms with E-state index in [-0.39, 0.29) is 6.61 Å². The summed E-state index contributed by atoms with van der Waals surface area (Å²) in [6.45, 7) is 0.379. The van der Waals surface area contributed by atoms with Crippen molar-refractivity contribution in [1.29, 1.82) is 0 Å². The molecule has 0 bridgehead atoms. The zero-order chi connectivity index (χ0) is 13.4. The van der Waals surface area contributed by atoms with Crippen molar-refractivity contribution in [3.63, 3.8) is 0 Å². The van der Waals surface area contributed by atoms with Gasteiger partial charge in [0.25, 0.3) is 0 Å². The van der Waals surface area contributed by atoms with Crippen LogP contribution in [-0.4, -0.2) is 38.6 Å². The van der Waals surface area contributed by atoms with Gasteiger partial charge in [0, 0.05) is 31.4 Å². The van der Waals surface area contributed by atoms with Crippen LogP contribution < -0.4 is 19.5 Å². The highest BCUT2D eigenvalue weighted by Crippen LogP contribution is 2.27. The molecule has 0 saturated heterocycles. The van der Waals surface area contributed by atoms with Crippen LogP contribution in [0, 0.1) is 0 Å². The van der Waals surface area contributed by atoms with E-state index in [1.54, 1.807) is 18.2 Å². The first-order chi connectivity index (χ1) is 8.69. The van der Waals surface area contributed by atoms with Gasteiger partial charge < -0.3 is 24.6 Å². The first-order valence-electron chi connectivity index (χ1n) is 5.49. The third-order valence-corrected chi connectivity index (χ3v) is 2.14. The van der Waals surface area contributed by atoms with E-state index in [9.17, 15) is 4.79 Å². The number of methoxy groups -OCH3 is 2. The lowest BCUT2D eigenvalue weighted by atomic mass is 10.3. The molecule has 18 heavy (non-hydrogen) atoms. The van der Waals surface area contributed by atoms with Gasteiger partial charge in [0.15, 0.2) is 0 Å². The fraction of sp³-hybridized carbons (Fsp3) is 0.417. The maximum atomic E-state index is 11.4. The minimum absolute atomic E-state index is 0.0211. The zero-order valence-electron chi connectivity index (χ0n) is 10.4. The Morgan fingerprint density at radius 2 is 1.72 bits per heavy atom. The summed E-state index contributed by atoms with van der Waals surface area (Å²) in [5.41, 5.74) is 0. The van der Waals surface area contributed by atoms with Gasteiger partial charge in [-0.05, 0) is 6.42 Å². The molecular weight excluding hydrogens is 238 g/mol. The standard InChI is InChI=1S/C12H17NO5/c1-16-9-6-10(17-2)8-11(7-9)18-12(15)13-4-3-5-14/h6-8,14H,3-5H2,1-2H3,(H,13,15). The number of carbonyl (C=O) groups excluding carboxylic acids is 1. The number of amides is 1. The molecule has 1 aromatic carbocycles. The molecule has 0 atom stereocenters. The van der Waals surface area contributed by atoms with Crippen molar-refractivity contribution < 1.29 is 24.1 Å². The molecule has 1 rings (SSSR count). The quantitative estimate of drug-likeness (QED) is 0.746. The number of benzene rings is 1. The summed E-state index contributed by atoms with van der Waals surface area (Å²) in [7, 11) is 3.03. The molecule has 0 aromatic heterocycles. The van der Waals surface area contributed by atoms with E-state index in [1.807, 2.05) is 0 Å². The van der Waals surface area contributed by atoms with Crippen LogP contribution in [0.5, 0.6) is 17.2 Å². The lowest BCUT2D eigenvalue weighted by molar-refractivity contribution is 0.198. The van der Waals surface area contributed by atoms with Crippen molar-refractivity contribution in [2.45, 2.75) is 6.42 Å². The maximum Gasteiger partial charge on any atom is 0.412 e. The fourth-order valence-corrected chi connectivity index (χ4v) is 1.25. The Morgan fingerprint density at radius 3 is 2.22 bits per heavy atom. The summed E-state index contributed by atoms with van der Waals surface area (Å²) in [6, 6.07) is 4.83. The molecule has 100 valence electrons. The molecule has 0 fully saturated rings. The molecule has 0 aliphatic rings. The Labute approximate surface area is 105 Å². The van der Waals surface area contributed by atoms with Crippen molar-refractivity contribution in [1.82, 2.24) is 5.32 Å². The van der Waals surface area contributed by atoms with E-state index >= 15 is 0 Å². The third kappa shape index (κ3) is 4.50. The summed E-state index contributed by atoms with van der Waals surface area (Å²) in [5.74, 6) is 1.40. The normalized spacial score (nSPS) is 9.72. The maximum absolute atomic E-state index is 11.4. The van der Waals surface area contributed by atoms with Crippen LogP contribution in [0.3, 0.4) is 0 Å². The average molecular weight is 255 g/mol. The van der Waals surface area contributed by atoms with Gasteiger partial charge in [0.05, 0.1) is 14.2 Å². The van der Waals surface area contributed by atoms with Gasteiger partial charge >= 0.3 is 6.09 Å². The molecule has 0 aliphatic carbocycles. The van der Waals surface area contributed by atoms with Crippen LogP contribution in [0.2, 0.25) is 0 Å². The van der Waals surface area contributed by atoms with Crippen molar-refractivity contribution in [3.05, 3.63) is 18.2 Å². The fourth-order valence-electron chi connectivity index (χ4n) is 1.25. The van der Waals surface area contributed by atoms with E-state index in [0.717, 1.165) is 0 Å². The lowest BCUT2D eigenvalue weighted by Crippen LogP contribution is -2.28. The van der Waals surface area contributed by atoms with Gasteiger partial charge in [-0.25, -0.2) is 4.79 Å². The van der Waals surface area contributed by atoms with Crippen LogP contribution in [0.15, 0.2) is 18.2 Å². The zero-order valence-corrected chi connectivity index (χ0v) is 10.4. The number of carbonyl (C=O) groups is 1. The van der Waals surface area contributed by atoms with Crippen LogP contribution in [-0.2, 0) is 0 Å². The van der Waals surface area contributed by atoms with Crippen LogP contribution in [0.25, 0.3) is 0 Å². The highest BCUT2D eigenvalue weighted by Gasteiger charge is 2.07. The molecule has 0 heterocycles. The van der Waals surface area contributed by atoms with Gasteiger partial charge in [-0.2, -0.15) is 0 Å². The summed E-state index contributed by atoms with van der Waals surface area (Å²) in [6.07, 6.45) is -0.102. The Morgan fingerprint density at radius 1 is 1.17 bits per heavy atom. The van der Waals surface area contributed by atoms with Gasteiger partial charge in [-0.1, -0.05) is 0 Å². The second kappa shape index (κ2) is 7.39. The Kier molecular flexibility index (Phi) is 5.79. The molecule has 2 N–H and O–H groups in total. The number of hydrogen-bond acceptors (Lipinski definition) is 5. The lowest BCUT2D eigenvalue weighted by Gasteiger charge is -2.09. The van der Waals surface area contributed by atoms with Crippen LogP contribution in [0.1, 0.15) is 6.42 Å². The Bertz CT molecular complexity index is 372. The smallest absolute Gasteiger partial charge is 0.412 e. The number of hydrogen-bond donors (Lipinski definition) is 2. The first-order valence-corrected chi connectivity index (χ1v) is 5.49. The first kappa shape index (κ1) is 14.1. The van der Waals surface area contributed by atoms with E-state index in [1.165, 1.54) is 14.2 Å². The van der Waals surface area contributed by atoms with Gasteiger partial charge in [-0.3, -0.25) is 0 Å². The predicted octanol–water partition coefficient (Wildman–Crippen LogP) is 1.17. The minimum atomic E-state index is -0.584. The number of ether oxygens (including phenoxy) is 3. The summed E-state index contributed by atoms with van der Waals surface area (Å²) < 4.78 is 15.2. The third-order valence-electron chi connectivity index (χ3n) is 2.14. The van der Waals surface area contributed by atoms with E-state index in [0.29, 0.717) is 30.2 Å². The highest BCUT2D eigenvalue weighted by atomic mass is 16.6. The average Bonchev–Trinajstić information content (AvgIpc) is 2.38. The summed E-state index contributed by atoms with van der Waals surface area (Å²) >= 11 is 0. The van der Waals surface area contributed by atoms with Crippen LogP contribution in [0.4, 0.5) is 4.79 Å². The van der Waals surface area contributed by atoms with E-state index < -0.39 is 6.09 Å². The number of rotatable bonds is 6. The topological polar surface area (TPSA) is 77.0 Å². The van der Waals surface area contributed by atoms with E-state index in [4.69, 9.17) is 19.3 Å². The Hall–Kier alpha value is -1.95. The second-order valence-corrected chi connectivity index (χ2v) is 3.44. The number of aliphatic hydroxyl groups excluding tert-OH is 1. The second-order valence-electron chi connectivity index (χ2n) is 3.44. The molecule has 6 nitrogen and oxygen atoms in total. The molecule has 0 saturated carbocycles. The molecule has 1 aromatic rings. The Balaban J connectivity index is 2.62. The van der Waals surface area contributed by atoms with Crippen molar-refractivity contribution in [3.8, 4) is 17.2 Å². The SMILES string of the molecule is COc1cc(OC)cc(OC(=O)NCCCO)c1. The summed E-state index contributed by atoms with van der Waals surface area (Å²) in [5, 5.41) is 11.1. The highest BCUT2D eigenvalue weighted by molar-refractivity contribution is 5.70. The van der Waals surface area contributed by atoms with Gasteiger partial charge in [-0.15, -0.1) is 0 Å². The number of nitrogens with one attached hydrogen (secondary N) is 1. The molecule has 6 heteroatoms. The molecule has 0 radical (unpaired) electrons. The van der Waals surface area contributed by atoms with E-state index in [2.05, 4.69) is 5.32 Å². The van der Waals surface area contributed by atoms with Crippen molar-refractivity contribution in [2.24, 2.45) is 0 Å². The minimum Gasteiger partial charge on any atom is -0.496 e. The number of aliphatic hydroxyl groups is 1. The molecule has 0 unspecified atom stereocenters. The molecular formula is C12H17NO5. The summed E-state index contributed by atoms with van der Waals surface area (Å²) in [4.78, 5) is 11.4. The van der Waals surface area contributed by atoms with Gasteiger partial charge in [0.1, 0.15) is 17.2 Å². The molecule has 0 aliphatic heterocycles. The predicted molar refractivity (Wildman–Crippen MR) is 65.3 cm³/mol. The van der Waals surface area contributed by atoms with Crippen LogP contribution >= 0.6 is 0 Å². The van der Waals surface area contributed by atoms with Gasteiger partial charge in [0.2, 0.25) is 0 Å². The molecule has 0 spiro atoms.